The summed E-state index contributed by atoms with van der Waals surface area (Å²) in [7, 11) is 1.32. The highest BCUT2D eigenvalue weighted by Crippen LogP contribution is 2.32. The second kappa shape index (κ2) is 10.2. The molecule has 3 rings (SSSR count). The molecule has 1 heterocycles. The van der Waals surface area contributed by atoms with Gasteiger partial charge in [0.05, 0.1) is 18.7 Å². The number of ether oxygens (including phenoxy) is 1. The molecule has 1 unspecified atom stereocenters. The van der Waals surface area contributed by atoms with Gasteiger partial charge in [0, 0.05) is 23.6 Å². The van der Waals surface area contributed by atoms with Gasteiger partial charge in [0.1, 0.15) is 0 Å². The molecule has 0 saturated heterocycles. The van der Waals surface area contributed by atoms with Crippen LogP contribution >= 0.6 is 0 Å². The molecule has 0 radical (unpaired) electrons. The number of hydrogen-bond donors (Lipinski definition) is 3. The fraction of sp³-hybridized carbons (Fsp3) is 0.320. The average molecular weight is 451 g/mol. The predicted octanol–water partition coefficient (Wildman–Crippen LogP) is 4.87. The lowest BCUT2D eigenvalue weighted by molar-refractivity contribution is -0.136. The van der Waals surface area contributed by atoms with E-state index in [-0.39, 0.29) is 12.1 Å². The van der Waals surface area contributed by atoms with Crippen molar-refractivity contribution in [1.82, 2.24) is 10.2 Å². The normalized spacial score (nSPS) is 15.7. The molecular weight excluding hydrogens is 420 g/mol. The van der Waals surface area contributed by atoms with E-state index in [4.69, 9.17) is 4.74 Å². The van der Waals surface area contributed by atoms with Crippen LogP contribution in [0.15, 0.2) is 53.7 Å². The van der Waals surface area contributed by atoms with Crippen LogP contribution in [0.3, 0.4) is 0 Å². The number of carbonyl (C=O) groups excluding carboxylic acids is 3. The van der Waals surface area contributed by atoms with E-state index in [1.807, 2.05) is 39.0 Å². The third kappa shape index (κ3) is 5.34. The molecule has 0 aliphatic carbocycles. The number of amides is 4. The van der Waals surface area contributed by atoms with Crippen molar-refractivity contribution in [2.45, 2.75) is 40.2 Å². The summed E-state index contributed by atoms with van der Waals surface area (Å²) < 4.78 is 5.00. The molecule has 2 aromatic rings. The van der Waals surface area contributed by atoms with E-state index in [0.29, 0.717) is 29.1 Å². The fourth-order valence-electron chi connectivity index (χ4n) is 3.93. The van der Waals surface area contributed by atoms with Crippen LogP contribution < -0.4 is 16.0 Å². The van der Waals surface area contributed by atoms with Gasteiger partial charge in [0.25, 0.3) is 0 Å². The van der Waals surface area contributed by atoms with Crippen LogP contribution in [0.2, 0.25) is 0 Å². The first kappa shape index (κ1) is 23.8. The van der Waals surface area contributed by atoms with E-state index < -0.39 is 12.0 Å². The molecule has 0 fully saturated rings. The van der Waals surface area contributed by atoms with Crippen LogP contribution in [0.4, 0.5) is 21.0 Å². The molecular formula is C25H30N4O4. The molecule has 0 saturated carbocycles. The van der Waals surface area contributed by atoms with Crippen molar-refractivity contribution in [1.29, 1.82) is 0 Å². The monoisotopic (exact) mass is 450 g/mol. The zero-order valence-corrected chi connectivity index (χ0v) is 19.6. The van der Waals surface area contributed by atoms with Crippen LogP contribution in [0, 0.1) is 13.8 Å². The van der Waals surface area contributed by atoms with Crippen molar-refractivity contribution in [2.75, 3.05) is 24.3 Å². The standard InChI is InChI=1S/C25H30N4O4/c1-6-12-29-17(4)21(23(30)33-5)22(28-25(29)32)18-8-7-9-19(14-18)26-24(31)27-20-11-10-15(2)13-16(20)3/h7-11,13-14,22H,6,12H2,1-5H3,(H,28,32)(H2,26,27,31). The molecule has 3 N–H and O–H groups in total. The van der Waals surface area contributed by atoms with Crippen molar-refractivity contribution in [3.05, 3.63) is 70.4 Å². The number of rotatable bonds is 6. The van der Waals surface area contributed by atoms with E-state index in [1.54, 1.807) is 36.1 Å². The third-order valence-electron chi connectivity index (χ3n) is 5.56. The lowest BCUT2D eigenvalue weighted by Crippen LogP contribution is -2.48. The Hall–Kier alpha value is -3.81. The number of allylic oxidation sites excluding steroid dienone is 1. The van der Waals surface area contributed by atoms with Gasteiger partial charge < -0.3 is 20.7 Å². The van der Waals surface area contributed by atoms with Gasteiger partial charge in [-0.3, -0.25) is 4.90 Å². The largest absolute Gasteiger partial charge is 0.466 e. The molecule has 8 nitrogen and oxygen atoms in total. The number of nitrogens with one attached hydrogen (secondary N) is 3. The van der Waals surface area contributed by atoms with Crippen LogP contribution in [0.5, 0.6) is 0 Å². The number of esters is 1. The molecule has 1 aliphatic rings. The SMILES string of the molecule is CCCN1C(=O)NC(c2cccc(NC(=O)Nc3ccc(C)cc3C)c2)C(C(=O)OC)=C1C. The minimum absolute atomic E-state index is 0.280. The number of urea groups is 2. The zero-order valence-electron chi connectivity index (χ0n) is 19.6. The molecule has 1 aliphatic heterocycles. The minimum atomic E-state index is -0.692. The molecule has 0 aromatic heterocycles. The van der Waals surface area contributed by atoms with Crippen molar-refractivity contribution < 1.29 is 19.1 Å². The number of benzene rings is 2. The highest BCUT2D eigenvalue weighted by atomic mass is 16.5. The van der Waals surface area contributed by atoms with Gasteiger partial charge in [-0.2, -0.15) is 0 Å². The Morgan fingerprint density at radius 3 is 2.52 bits per heavy atom. The Kier molecular flexibility index (Phi) is 7.37. The number of hydrogen-bond acceptors (Lipinski definition) is 4. The molecule has 2 aromatic carbocycles. The Morgan fingerprint density at radius 2 is 1.85 bits per heavy atom. The molecule has 8 heteroatoms. The smallest absolute Gasteiger partial charge is 0.337 e. The first-order valence-electron chi connectivity index (χ1n) is 10.9. The van der Waals surface area contributed by atoms with E-state index in [2.05, 4.69) is 16.0 Å². The van der Waals surface area contributed by atoms with Gasteiger partial charge in [-0.15, -0.1) is 0 Å². The highest BCUT2D eigenvalue weighted by Gasteiger charge is 2.36. The number of carbonyl (C=O) groups is 3. The van der Waals surface area contributed by atoms with Crippen LogP contribution in [-0.4, -0.2) is 36.6 Å². The van der Waals surface area contributed by atoms with Gasteiger partial charge in [0.15, 0.2) is 0 Å². The summed E-state index contributed by atoms with van der Waals surface area (Å²) in [5.41, 5.74) is 4.90. The van der Waals surface area contributed by atoms with E-state index in [1.165, 1.54) is 7.11 Å². The molecule has 1 atom stereocenters. The van der Waals surface area contributed by atoms with Crippen molar-refractivity contribution in [3.63, 3.8) is 0 Å². The van der Waals surface area contributed by atoms with Crippen LogP contribution in [0.1, 0.15) is 43.0 Å². The molecule has 0 bridgehead atoms. The summed E-state index contributed by atoms with van der Waals surface area (Å²) in [6.07, 6.45) is 0.749. The van der Waals surface area contributed by atoms with E-state index in [9.17, 15) is 14.4 Å². The summed E-state index contributed by atoms with van der Waals surface area (Å²) >= 11 is 0. The van der Waals surface area contributed by atoms with Crippen LogP contribution in [-0.2, 0) is 9.53 Å². The Labute approximate surface area is 194 Å². The number of methoxy groups -OCH3 is 1. The molecule has 0 spiro atoms. The first-order valence-corrected chi connectivity index (χ1v) is 10.9. The maximum Gasteiger partial charge on any atom is 0.337 e. The zero-order chi connectivity index (χ0) is 24.1. The fourth-order valence-corrected chi connectivity index (χ4v) is 3.93. The number of aryl methyl sites for hydroxylation is 2. The van der Waals surface area contributed by atoms with Gasteiger partial charge >= 0.3 is 18.0 Å². The maximum atomic E-state index is 12.7. The van der Waals surface area contributed by atoms with Gasteiger partial charge in [-0.1, -0.05) is 36.8 Å². The molecule has 4 amide bonds. The Balaban J connectivity index is 1.86. The first-order chi connectivity index (χ1) is 15.7. The summed E-state index contributed by atoms with van der Waals surface area (Å²) in [6.45, 7) is 8.12. The lowest BCUT2D eigenvalue weighted by atomic mass is 9.94. The van der Waals surface area contributed by atoms with E-state index in [0.717, 1.165) is 23.2 Å². The molecule has 174 valence electrons. The Morgan fingerprint density at radius 1 is 1.09 bits per heavy atom. The minimum Gasteiger partial charge on any atom is -0.466 e. The summed E-state index contributed by atoms with van der Waals surface area (Å²) in [6, 6.07) is 11.5. The second-order valence-electron chi connectivity index (χ2n) is 8.05. The Bertz CT molecular complexity index is 1110. The quantitative estimate of drug-likeness (QED) is 0.547. The predicted molar refractivity (Wildman–Crippen MR) is 128 cm³/mol. The van der Waals surface area contributed by atoms with Crippen molar-refractivity contribution in [3.8, 4) is 0 Å². The van der Waals surface area contributed by atoms with Gasteiger partial charge in [-0.25, -0.2) is 14.4 Å². The third-order valence-corrected chi connectivity index (χ3v) is 5.56. The second-order valence-corrected chi connectivity index (χ2v) is 8.05. The van der Waals surface area contributed by atoms with Gasteiger partial charge in [-0.05, 0) is 56.5 Å². The lowest BCUT2D eigenvalue weighted by Gasteiger charge is -2.35. The summed E-state index contributed by atoms with van der Waals surface area (Å²) in [5, 5.41) is 8.56. The van der Waals surface area contributed by atoms with E-state index >= 15 is 0 Å². The average Bonchev–Trinajstić information content (AvgIpc) is 2.78. The maximum absolute atomic E-state index is 12.7. The highest BCUT2D eigenvalue weighted by molar-refractivity contribution is 6.00. The summed E-state index contributed by atoms with van der Waals surface area (Å²) in [5.74, 6) is -0.510. The van der Waals surface area contributed by atoms with Crippen molar-refractivity contribution >= 4 is 29.4 Å². The summed E-state index contributed by atoms with van der Waals surface area (Å²) in [4.78, 5) is 39.4. The van der Waals surface area contributed by atoms with Crippen molar-refractivity contribution in [2.24, 2.45) is 0 Å². The topological polar surface area (TPSA) is 99.8 Å². The van der Waals surface area contributed by atoms with Gasteiger partial charge in [0.2, 0.25) is 0 Å². The number of nitrogens with zero attached hydrogens (tertiary/aromatic N) is 1. The molecule has 33 heavy (non-hydrogen) atoms. The number of anilines is 2. The van der Waals surface area contributed by atoms with Crippen LogP contribution in [0.25, 0.3) is 0 Å².